The Balaban J connectivity index is 1.32. The number of hydrogen-bond donors (Lipinski definition) is 1. The van der Waals surface area contributed by atoms with E-state index >= 15 is 0 Å². The van der Waals surface area contributed by atoms with E-state index in [4.69, 9.17) is 0 Å². The largest absolute Gasteiger partial charge is 0.361 e. The second-order valence-corrected chi connectivity index (χ2v) is 7.29. The van der Waals surface area contributed by atoms with Crippen LogP contribution in [0.3, 0.4) is 0 Å². The highest BCUT2D eigenvalue weighted by Gasteiger charge is 2.26. The Hall–Kier alpha value is -2.56. The maximum absolute atomic E-state index is 12.7. The number of aromatic amines is 1. The van der Waals surface area contributed by atoms with Gasteiger partial charge in [-0.05, 0) is 37.3 Å². The van der Waals surface area contributed by atoms with E-state index in [-0.39, 0.29) is 5.91 Å². The number of hydrogen-bond acceptors (Lipinski definition) is 2. The Morgan fingerprint density at radius 3 is 3.08 bits per heavy atom. The Kier molecular flexibility index (Phi) is 4.78. The van der Waals surface area contributed by atoms with Gasteiger partial charge in [-0.25, -0.2) is 4.98 Å². The van der Waals surface area contributed by atoms with Gasteiger partial charge in [0.15, 0.2) is 0 Å². The van der Waals surface area contributed by atoms with Gasteiger partial charge in [-0.1, -0.05) is 18.2 Å². The van der Waals surface area contributed by atoms with Gasteiger partial charge >= 0.3 is 0 Å². The molecule has 1 aliphatic rings. The van der Waals surface area contributed by atoms with Crippen molar-refractivity contribution in [1.82, 2.24) is 19.4 Å². The highest BCUT2D eigenvalue weighted by molar-refractivity contribution is 5.83. The first-order valence-corrected chi connectivity index (χ1v) is 9.52. The third kappa shape index (κ3) is 3.39. The van der Waals surface area contributed by atoms with Gasteiger partial charge in [0.25, 0.3) is 0 Å². The molecule has 1 aliphatic heterocycles. The first-order chi connectivity index (χ1) is 12.7. The van der Waals surface area contributed by atoms with Gasteiger partial charge in [-0.3, -0.25) is 4.79 Å². The van der Waals surface area contributed by atoms with Crippen LogP contribution >= 0.6 is 0 Å². The first-order valence-electron chi connectivity index (χ1n) is 9.52. The van der Waals surface area contributed by atoms with Crippen LogP contribution in [0, 0.1) is 0 Å². The number of nitrogens with zero attached hydrogens (tertiary/aromatic N) is 3. The van der Waals surface area contributed by atoms with Gasteiger partial charge in [-0.2, -0.15) is 0 Å². The number of H-pyrrole nitrogens is 1. The second-order valence-electron chi connectivity index (χ2n) is 7.29. The van der Waals surface area contributed by atoms with Crippen LogP contribution < -0.4 is 0 Å². The number of likely N-dealkylation sites (tertiary alicyclic amines) is 1. The molecule has 1 amide bonds. The number of benzene rings is 1. The fourth-order valence-electron chi connectivity index (χ4n) is 4.11. The van der Waals surface area contributed by atoms with Crippen molar-refractivity contribution in [3.05, 3.63) is 54.2 Å². The van der Waals surface area contributed by atoms with E-state index in [1.54, 1.807) is 0 Å². The maximum atomic E-state index is 12.7. The van der Waals surface area contributed by atoms with E-state index in [1.165, 1.54) is 16.5 Å². The molecule has 0 spiro atoms. The Bertz CT molecular complexity index is 894. The zero-order chi connectivity index (χ0) is 17.9. The number of aryl methyl sites for hydroxylation is 2. The van der Waals surface area contributed by atoms with Crippen LogP contribution in [-0.2, 0) is 18.3 Å². The fourth-order valence-corrected chi connectivity index (χ4v) is 4.11. The predicted octanol–water partition coefficient (Wildman–Crippen LogP) is 3.63. The van der Waals surface area contributed by atoms with Gasteiger partial charge in [0.2, 0.25) is 5.91 Å². The van der Waals surface area contributed by atoms with Crippen LogP contribution in [0.1, 0.15) is 43.0 Å². The molecular weight excluding hydrogens is 324 g/mol. The summed E-state index contributed by atoms with van der Waals surface area (Å²) >= 11 is 0. The van der Waals surface area contributed by atoms with E-state index in [2.05, 4.69) is 38.9 Å². The fraction of sp³-hybridized carbons (Fsp3) is 0.429. The third-order valence-corrected chi connectivity index (χ3v) is 5.51. The quantitative estimate of drug-likeness (QED) is 0.764. The summed E-state index contributed by atoms with van der Waals surface area (Å²) in [4.78, 5) is 22.5. The molecule has 0 aliphatic carbocycles. The van der Waals surface area contributed by atoms with Crippen molar-refractivity contribution >= 4 is 16.8 Å². The summed E-state index contributed by atoms with van der Waals surface area (Å²) < 4.78 is 2.08. The van der Waals surface area contributed by atoms with Crippen LogP contribution in [0.25, 0.3) is 10.9 Å². The van der Waals surface area contributed by atoms with Gasteiger partial charge in [0.05, 0.1) is 0 Å². The molecule has 1 atom stereocenters. The van der Waals surface area contributed by atoms with Crippen molar-refractivity contribution in [1.29, 1.82) is 0 Å². The molecule has 0 saturated carbocycles. The molecule has 3 heterocycles. The number of carbonyl (C=O) groups excluding carboxylic acids is 1. The summed E-state index contributed by atoms with van der Waals surface area (Å²) in [7, 11) is 2.03. The number of aromatic nitrogens is 3. The number of para-hydroxylation sites is 1. The minimum atomic E-state index is 0.281. The molecule has 1 unspecified atom stereocenters. The van der Waals surface area contributed by atoms with Crippen LogP contribution in [0.15, 0.2) is 42.9 Å². The Morgan fingerprint density at radius 2 is 2.23 bits per heavy atom. The summed E-state index contributed by atoms with van der Waals surface area (Å²) in [5.74, 6) is 1.74. The number of imidazole rings is 1. The summed E-state index contributed by atoms with van der Waals surface area (Å²) in [5, 5.41) is 1.27. The van der Waals surface area contributed by atoms with Crippen LogP contribution in [-0.4, -0.2) is 38.4 Å². The average molecular weight is 350 g/mol. The van der Waals surface area contributed by atoms with Crippen molar-refractivity contribution in [2.24, 2.45) is 7.05 Å². The van der Waals surface area contributed by atoms with Crippen molar-refractivity contribution in [2.45, 2.75) is 38.0 Å². The van der Waals surface area contributed by atoms with Gasteiger partial charge in [0, 0.05) is 62.0 Å². The standard InChI is InChI=1S/C21H26N4O/c1-24-13-11-22-21(24)17-7-5-12-25(15-17)20(26)10-4-6-16-14-23-19-9-3-2-8-18(16)19/h2-3,8-9,11,13-14,17,23H,4-7,10,12,15H2,1H3. The predicted molar refractivity (Wildman–Crippen MR) is 103 cm³/mol. The number of nitrogens with one attached hydrogen (secondary N) is 1. The van der Waals surface area contributed by atoms with Crippen molar-refractivity contribution in [3.63, 3.8) is 0 Å². The normalized spacial score (nSPS) is 17.7. The number of amides is 1. The van der Waals surface area contributed by atoms with E-state index in [1.807, 2.05) is 30.4 Å². The smallest absolute Gasteiger partial charge is 0.222 e. The summed E-state index contributed by atoms with van der Waals surface area (Å²) in [5.41, 5.74) is 2.47. The first kappa shape index (κ1) is 16.9. The molecule has 3 aromatic rings. The monoisotopic (exact) mass is 350 g/mol. The lowest BCUT2D eigenvalue weighted by Gasteiger charge is -2.32. The number of piperidine rings is 1. The zero-order valence-corrected chi connectivity index (χ0v) is 15.3. The van der Waals surface area contributed by atoms with Gasteiger partial charge in [-0.15, -0.1) is 0 Å². The molecule has 2 aromatic heterocycles. The summed E-state index contributed by atoms with van der Waals surface area (Å²) in [6.07, 6.45) is 10.5. The SMILES string of the molecule is Cn1ccnc1C1CCCN(C(=O)CCCc2c[nH]c3ccccc23)C1. The molecule has 0 radical (unpaired) electrons. The lowest BCUT2D eigenvalue weighted by molar-refractivity contribution is -0.132. The Labute approximate surface area is 154 Å². The minimum absolute atomic E-state index is 0.281. The average Bonchev–Trinajstić information content (AvgIpc) is 3.28. The van der Waals surface area contributed by atoms with Crippen LogP contribution in [0.5, 0.6) is 0 Å². The van der Waals surface area contributed by atoms with Crippen LogP contribution in [0.2, 0.25) is 0 Å². The van der Waals surface area contributed by atoms with Crippen LogP contribution in [0.4, 0.5) is 0 Å². The van der Waals surface area contributed by atoms with E-state index < -0.39 is 0 Å². The summed E-state index contributed by atoms with van der Waals surface area (Å²) in [6.45, 7) is 1.68. The molecule has 1 saturated heterocycles. The number of carbonyl (C=O) groups is 1. The second kappa shape index (κ2) is 7.36. The molecule has 1 aromatic carbocycles. The Morgan fingerprint density at radius 1 is 1.35 bits per heavy atom. The third-order valence-electron chi connectivity index (χ3n) is 5.51. The molecule has 0 bridgehead atoms. The molecule has 4 rings (SSSR count). The topological polar surface area (TPSA) is 53.9 Å². The lowest BCUT2D eigenvalue weighted by Crippen LogP contribution is -2.39. The summed E-state index contributed by atoms with van der Waals surface area (Å²) in [6, 6.07) is 8.34. The molecule has 5 nitrogen and oxygen atoms in total. The lowest BCUT2D eigenvalue weighted by atomic mass is 9.96. The highest BCUT2D eigenvalue weighted by Crippen LogP contribution is 2.26. The molecular formula is C21H26N4O. The van der Waals surface area contributed by atoms with Crippen molar-refractivity contribution in [2.75, 3.05) is 13.1 Å². The number of rotatable bonds is 5. The molecule has 1 fully saturated rings. The van der Waals surface area contributed by atoms with Gasteiger partial charge < -0.3 is 14.5 Å². The molecule has 1 N–H and O–H groups in total. The maximum Gasteiger partial charge on any atom is 0.222 e. The van der Waals surface area contributed by atoms with E-state index in [0.29, 0.717) is 12.3 Å². The minimum Gasteiger partial charge on any atom is -0.361 e. The molecule has 26 heavy (non-hydrogen) atoms. The molecule has 5 heteroatoms. The molecule has 136 valence electrons. The van der Waals surface area contributed by atoms with E-state index in [9.17, 15) is 4.79 Å². The number of fused-ring (bicyclic) bond motifs is 1. The van der Waals surface area contributed by atoms with Crippen molar-refractivity contribution in [3.8, 4) is 0 Å². The van der Waals surface area contributed by atoms with Gasteiger partial charge in [0.1, 0.15) is 5.82 Å². The van der Waals surface area contributed by atoms with E-state index in [0.717, 1.165) is 44.6 Å². The highest BCUT2D eigenvalue weighted by atomic mass is 16.2. The zero-order valence-electron chi connectivity index (χ0n) is 15.3. The van der Waals surface area contributed by atoms with Crippen molar-refractivity contribution < 1.29 is 4.79 Å².